The third kappa shape index (κ3) is 2.37. The van der Waals surface area contributed by atoms with Crippen molar-refractivity contribution in [3.05, 3.63) is 12.3 Å². The second-order valence-electron chi connectivity index (χ2n) is 1.81. The van der Waals surface area contributed by atoms with E-state index < -0.39 is 0 Å². The Morgan fingerprint density at radius 2 is 2.64 bits per heavy atom. The molecular formula is C6H8N2O3. The molecule has 0 N–H and O–H groups in total. The first-order valence-electron chi connectivity index (χ1n) is 3.23. The van der Waals surface area contributed by atoms with Gasteiger partial charge in [-0.25, -0.2) is 0 Å². The molecule has 0 spiro atoms. The summed E-state index contributed by atoms with van der Waals surface area (Å²) in [6.45, 7) is 2.11. The fourth-order valence-electron chi connectivity index (χ4n) is 0.608. The first-order valence-corrected chi connectivity index (χ1v) is 3.23. The van der Waals surface area contributed by atoms with Crippen LogP contribution in [0.2, 0.25) is 0 Å². The summed E-state index contributed by atoms with van der Waals surface area (Å²) >= 11 is 0. The molecular weight excluding hydrogens is 148 g/mol. The predicted octanol–water partition coefficient (Wildman–Crippen LogP) is 0.175. The molecule has 1 aromatic rings. The highest BCUT2D eigenvalue weighted by Gasteiger charge is 2.07. The number of aromatic nitrogens is 2. The van der Waals surface area contributed by atoms with Crippen LogP contribution in [0.1, 0.15) is 12.8 Å². The quantitative estimate of drug-likeness (QED) is 0.584. The van der Waals surface area contributed by atoms with Gasteiger partial charge in [-0.1, -0.05) is 0 Å². The van der Waals surface area contributed by atoms with E-state index in [1.807, 2.05) is 0 Å². The molecule has 1 heterocycles. The highest BCUT2D eigenvalue weighted by Crippen LogP contribution is 1.94. The lowest BCUT2D eigenvalue weighted by molar-refractivity contribution is -0.142. The fraction of sp³-hybridized carbons (Fsp3) is 0.500. The van der Waals surface area contributed by atoms with E-state index in [9.17, 15) is 4.79 Å². The van der Waals surface area contributed by atoms with Gasteiger partial charge in [0.1, 0.15) is 6.42 Å². The van der Waals surface area contributed by atoms with Crippen molar-refractivity contribution in [3.8, 4) is 0 Å². The zero-order valence-corrected chi connectivity index (χ0v) is 6.11. The fourth-order valence-corrected chi connectivity index (χ4v) is 0.608. The van der Waals surface area contributed by atoms with Crippen molar-refractivity contribution in [3.63, 3.8) is 0 Å². The number of carbonyl (C=O) groups excluding carboxylic acids is 1. The number of rotatable bonds is 3. The topological polar surface area (TPSA) is 65.2 Å². The van der Waals surface area contributed by atoms with Gasteiger partial charge in [0.2, 0.25) is 12.3 Å². The van der Waals surface area contributed by atoms with E-state index in [-0.39, 0.29) is 18.3 Å². The van der Waals surface area contributed by atoms with Crippen molar-refractivity contribution < 1.29 is 13.9 Å². The van der Waals surface area contributed by atoms with Crippen LogP contribution in [0.5, 0.6) is 0 Å². The van der Waals surface area contributed by atoms with Gasteiger partial charge in [0, 0.05) is 0 Å². The van der Waals surface area contributed by atoms with E-state index >= 15 is 0 Å². The summed E-state index contributed by atoms with van der Waals surface area (Å²) in [6.07, 6.45) is 1.22. The summed E-state index contributed by atoms with van der Waals surface area (Å²) in [6, 6.07) is 0. The molecule has 1 rings (SSSR count). The molecule has 11 heavy (non-hydrogen) atoms. The number of hydrogen-bond donors (Lipinski definition) is 0. The second-order valence-corrected chi connectivity index (χ2v) is 1.81. The molecule has 5 heteroatoms. The van der Waals surface area contributed by atoms with Gasteiger partial charge in [-0.05, 0) is 6.92 Å². The van der Waals surface area contributed by atoms with Gasteiger partial charge in [-0.2, -0.15) is 0 Å². The molecule has 0 bridgehead atoms. The lowest BCUT2D eigenvalue weighted by Gasteiger charge is -1.96. The molecule has 0 amide bonds. The third-order valence-electron chi connectivity index (χ3n) is 1.01. The predicted molar refractivity (Wildman–Crippen MR) is 34.6 cm³/mol. The lowest BCUT2D eigenvalue weighted by atomic mass is 10.4. The maximum atomic E-state index is 10.8. The van der Waals surface area contributed by atoms with Gasteiger partial charge in [-0.3, -0.25) is 4.79 Å². The maximum absolute atomic E-state index is 10.8. The lowest BCUT2D eigenvalue weighted by Crippen LogP contribution is -2.07. The zero-order valence-electron chi connectivity index (χ0n) is 6.11. The van der Waals surface area contributed by atoms with Crippen LogP contribution in [0.15, 0.2) is 10.8 Å². The van der Waals surface area contributed by atoms with E-state index in [2.05, 4.69) is 14.9 Å². The van der Waals surface area contributed by atoms with Crippen molar-refractivity contribution >= 4 is 5.97 Å². The van der Waals surface area contributed by atoms with E-state index in [0.717, 1.165) is 0 Å². The van der Waals surface area contributed by atoms with Crippen molar-refractivity contribution in [1.82, 2.24) is 10.2 Å². The van der Waals surface area contributed by atoms with Gasteiger partial charge in [0.15, 0.2) is 0 Å². The third-order valence-corrected chi connectivity index (χ3v) is 1.01. The minimum atomic E-state index is -0.350. The van der Waals surface area contributed by atoms with Gasteiger partial charge >= 0.3 is 5.97 Å². The molecule has 5 nitrogen and oxygen atoms in total. The molecule has 0 unspecified atom stereocenters. The molecule has 1 aromatic heterocycles. The maximum Gasteiger partial charge on any atom is 0.315 e. The summed E-state index contributed by atoms with van der Waals surface area (Å²) in [5, 5.41) is 6.93. The second kappa shape index (κ2) is 3.70. The van der Waals surface area contributed by atoms with E-state index in [1.165, 1.54) is 6.39 Å². The van der Waals surface area contributed by atoms with Crippen LogP contribution in [0.4, 0.5) is 0 Å². The normalized spacial score (nSPS) is 9.55. The molecule has 0 atom stereocenters. The number of carbonyl (C=O) groups is 1. The first-order chi connectivity index (χ1) is 5.33. The number of hydrogen-bond acceptors (Lipinski definition) is 5. The zero-order chi connectivity index (χ0) is 8.10. The average molecular weight is 156 g/mol. The number of ether oxygens (including phenoxy) is 1. The Morgan fingerprint density at radius 1 is 1.82 bits per heavy atom. The van der Waals surface area contributed by atoms with Crippen LogP contribution in [0.3, 0.4) is 0 Å². The minimum absolute atomic E-state index is 0.0494. The van der Waals surface area contributed by atoms with Crippen molar-refractivity contribution in [2.45, 2.75) is 13.3 Å². The SMILES string of the molecule is CCOC(=O)Cc1nnco1. The van der Waals surface area contributed by atoms with Crippen LogP contribution >= 0.6 is 0 Å². The van der Waals surface area contributed by atoms with Crippen molar-refractivity contribution in [1.29, 1.82) is 0 Å². The molecule has 0 aromatic carbocycles. The van der Waals surface area contributed by atoms with Crippen molar-refractivity contribution in [2.24, 2.45) is 0 Å². The highest BCUT2D eigenvalue weighted by atomic mass is 16.5. The Balaban J connectivity index is 2.37. The Kier molecular flexibility index (Phi) is 2.59. The van der Waals surface area contributed by atoms with Gasteiger partial charge in [0.25, 0.3) is 0 Å². The largest absolute Gasteiger partial charge is 0.466 e. The Morgan fingerprint density at radius 3 is 3.18 bits per heavy atom. The van der Waals surface area contributed by atoms with Gasteiger partial charge in [0.05, 0.1) is 6.61 Å². The standard InChI is InChI=1S/C6H8N2O3/c1-2-10-6(9)3-5-8-7-4-11-5/h4H,2-3H2,1H3. The van der Waals surface area contributed by atoms with E-state index in [0.29, 0.717) is 6.61 Å². The monoisotopic (exact) mass is 156 g/mol. The summed E-state index contributed by atoms with van der Waals surface area (Å²) in [5.74, 6) is -0.0693. The minimum Gasteiger partial charge on any atom is -0.466 e. The first kappa shape index (κ1) is 7.71. The van der Waals surface area contributed by atoms with Gasteiger partial charge < -0.3 is 9.15 Å². The Hall–Kier alpha value is -1.39. The van der Waals surface area contributed by atoms with Crippen LogP contribution in [0, 0.1) is 0 Å². The molecule has 0 fully saturated rings. The molecule has 0 aliphatic heterocycles. The Labute approximate surface area is 63.4 Å². The van der Waals surface area contributed by atoms with Gasteiger partial charge in [-0.15, -0.1) is 10.2 Å². The summed E-state index contributed by atoms with van der Waals surface area (Å²) in [7, 11) is 0. The summed E-state index contributed by atoms with van der Waals surface area (Å²) in [5.41, 5.74) is 0. The van der Waals surface area contributed by atoms with Crippen LogP contribution in [0.25, 0.3) is 0 Å². The van der Waals surface area contributed by atoms with E-state index in [1.54, 1.807) is 6.92 Å². The summed E-state index contributed by atoms with van der Waals surface area (Å²) < 4.78 is 9.38. The van der Waals surface area contributed by atoms with E-state index in [4.69, 9.17) is 4.42 Å². The molecule has 0 saturated heterocycles. The molecule has 0 saturated carbocycles. The summed E-state index contributed by atoms with van der Waals surface area (Å²) in [4.78, 5) is 10.8. The number of nitrogens with zero attached hydrogens (tertiary/aromatic N) is 2. The van der Waals surface area contributed by atoms with Crippen LogP contribution < -0.4 is 0 Å². The van der Waals surface area contributed by atoms with Crippen molar-refractivity contribution in [2.75, 3.05) is 6.61 Å². The molecule has 0 aliphatic carbocycles. The van der Waals surface area contributed by atoms with Crippen LogP contribution in [-0.2, 0) is 16.0 Å². The average Bonchev–Trinajstić information content (AvgIpc) is 2.40. The van der Waals surface area contributed by atoms with Crippen LogP contribution in [-0.4, -0.2) is 22.8 Å². The number of esters is 1. The smallest absolute Gasteiger partial charge is 0.315 e. The molecule has 0 aliphatic rings. The molecule has 60 valence electrons. The molecule has 0 radical (unpaired) electrons. The Bertz CT molecular complexity index is 220. The highest BCUT2D eigenvalue weighted by molar-refractivity contribution is 5.71.